The number of hydrogen-bond acceptors (Lipinski definition) is 2. The van der Waals surface area contributed by atoms with Gasteiger partial charge in [-0.1, -0.05) is 49.4 Å². The molecule has 1 unspecified atom stereocenters. The van der Waals surface area contributed by atoms with Crippen LogP contribution in [0.5, 0.6) is 0 Å². The normalized spacial score (nSPS) is 19.1. The van der Waals surface area contributed by atoms with E-state index in [-0.39, 0.29) is 0 Å². The molecule has 0 radical (unpaired) electrons. The van der Waals surface area contributed by atoms with Crippen molar-refractivity contribution in [2.45, 2.75) is 25.7 Å². The van der Waals surface area contributed by atoms with Gasteiger partial charge in [0.25, 0.3) is 0 Å². The lowest BCUT2D eigenvalue weighted by atomic mass is 9.89. The van der Waals surface area contributed by atoms with E-state index in [1.165, 1.54) is 16.3 Å². The van der Waals surface area contributed by atoms with Gasteiger partial charge in [0.15, 0.2) is 5.88 Å². The minimum Gasteiger partial charge on any atom is -0.495 e. The van der Waals surface area contributed by atoms with Crippen molar-refractivity contribution in [3.63, 3.8) is 0 Å². The first-order valence-corrected chi connectivity index (χ1v) is 7.43. The van der Waals surface area contributed by atoms with E-state index in [1.807, 2.05) is 6.08 Å². The highest BCUT2D eigenvalue weighted by molar-refractivity contribution is 5.86. The average molecular weight is 267 g/mol. The zero-order valence-electron chi connectivity index (χ0n) is 11.9. The van der Waals surface area contributed by atoms with E-state index in [9.17, 15) is 5.11 Å². The summed E-state index contributed by atoms with van der Waals surface area (Å²) in [5.74, 6) is 0.755. The fourth-order valence-electron chi connectivity index (χ4n) is 3.09. The van der Waals surface area contributed by atoms with E-state index in [4.69, 9.17) is 0 Å². The molecule has 0 aromatic heterocycles. The molecule has 2 heteroatoms. The van der Waals surface area contributed by atoms with Crippen LogP contribution in [0.2, 0.25) is 0 Å². The van der Waals surface area contributed by atoms with Crippen molar-refractivity contribution in [2.75, 3.05) is 13.1 Å². The van der Waals surface area contributed by atoms with Gasteiger partial charge in [-0.25, -0.2) is 0 Å². The molecule has 2 nitrogen and oxygen atoms in total. The van der Waals surface area contributed by atoms with Gasteiger partial charge in [0.2, 0.25) is 0 Å². The maximum absolute atomic E-state index is 10.2. The molecule has 0 amide bonds. The summed E-state index contributed by atoms with van der Waals surface area (Å²) < 4.78 is 0. The Morgan fingerprint density at radius 1 is 1.15 bits per heavy atom. The highest BCUT2D eigenvalue weighted by Gasteiger charge is 2.21. The highest BCUT2D eigenvalue weighted by atomic mass is 16.3. The predicted octanol–water partition coefficient (Wildman–Crippen LogP) is 4.44. The summed E-state index contributed by atoms with van der Waals surface area (Å²) in [6.07, 6.45) is 4.15. The number of aliphatic hydroxyl groups excluding tert-OH is 1. The molecule has 3 rings (SSSR count). The summed E-state index contributed by atoms with van der Waals surface area (Å²) >= 11 is 0. The SMILES string of the molecule is CCCN1CCC(c2cccc3ccccc23)C=C1O. The van der Waals surface area contributed by atoms with Crippen LogP contribution in [0.15, 0.2) is 54.4 Å². The van der Waals surface area contributed by atoms with E-state index in [1.54, 1.807) is 0 Å². The fraction of sp³-hybridized carbons (Fsp3) is 0.333. The summed E-state index contributed by atoms with van der Waals surface area (Å²) in [6.45, 7) is 4.01. The van der Waals surface area contributed by atoms with Gasteiger partial charge in [-0.05, 0) is 35.3 Å². The zero-order valence-corrected chi connectivity index (χ0v) is 11.9. The molecule has 0 fully saturated rings. The summed E-state index contributed by atoms with van der Waals surface area (Å²) in [5.41, 5.74) is 1.32. The first-order chi connectivity index (χ1) is 9.79. The van der Waals surface area contributed by atoms with Crippen molar-refractivity contribution in [1.29, 1.82) is 0 Å². The van der Waals surface area contributed by atoms with E-state index in [0.29, 0.717) is 11.8 Å². The molecule has 1 N–H and O–H groups in total. The van der Waals surface area contributed by atoms with E-state index >= 15 is 0 Å². The maximum Gasteiger partial charge on any atom is 0.183 e. The molecule has 1 atom stereocenters. The average Bonchev–Trinajstić information content (AvgIpc) is 2.49. The Kier molecular flexibility index (Phi) is 3.64. The Bertz CT molecular complexity index is 627. The van der Waals surface area contributed by atoms with E-state index in [2.05, 4.69) is 54.3 Å². The molecule has 1 aliphatic rings. The number of hydrogen-bond donors (Lipinski definition) is 1. The Morgan fingerprint density at radius 3 is 2.75 bits per heavy atom. The lowest BCUT2D eigenvalue weighted by Gasteiger charge is -2.30. The van der Waals surface area contributed by atoms with Crippen molar-refractivity contribution in [2.24, 2.45) is 0 Å². The van der Waals surface area contributed by atoms with Crippen molar-refractivity contribution < 1.29 is 5.11 Å². The monoisotopic (exact) mass is 267 g/mol. The number of allylic oxidation sites excluding steroid dienone is 1. The third-order valence-electron chi connectivity index (χ3n) is 4.10. The number of aliphatic hydroxyl groups is 1. The van der Waals surface area contributed by atoms with Gasteiger partial charge in [0.05, 0.1) is 0 Å². The molecule has 0 bridgehead atoms. The largest absolute Gasteiger partial charge is 0.495 e. The van der Waals surface area contributed by atoms with Gasteiger partial charge in [-0.3, -0.25) is 0 Å². The summed E-state index contributed by atoms with van der Waals surface area (Å²) in [4.78, 5) is 2.07. The molecule has 104 valence electrons. The molecule has 20 heavy (non-hydrogen) atoms. The summed E-state index contributed by atoms with van der Waals surface area (Å²) in [7, 11) is 0. The van der Waals surface area contributed by atoms with Gasteiger partial charge in [0.1, 0.15) is 0 Å². The smallest absolute Gasteiger partial charge is 0.183 e. The molecular formula is C18H21NO. The minimum absolute atomic E-state index is 0.314. The summed E-state index contributed by atoms with van der Waals surface area (Å²) in [6, 6.07) is 14.9. The zero-order chi connectivity index (χ0) is 13.9. The molecule has 0 spiro atoms. The van der Waals surface area contributed by atoms with Crippen LogP contribution >= 0.6 is 0 Å². The second kappa shape index (κ2) is 5.58. The molecule has 1 heterocycles. The van der Waals surface area contributed by atoms with Crippen LogP contribution in [-0.4, -0.2) is 23.1 Å². The van der Waals surface area contributed by atoms with Crippen LogP contribution in [0.4, 0.5) is 0 Å². The van der Waals surface area contributed by atoms with E-state index < -0.39 is 0 Å². The Balaban J connectivity index is 1.97. The lowest BCUT2D eigenvalue weighted by Crippen LogP contribution is -2.30. The number of nitrogens with zero attached hydrogens (tertiary/aromatic N) is 1. The van der Waals surface area contributed by atoms with Gasteiger partial charge >= 0.3 is 0 Å². The Labute approximate surface area is 120 Å². The van der Waals surface area contributed by atoms with Crippen LogP contribution < -0.4 is 0 Å². The van der Waals surface area contributed by atoms with Gasteiger partial charge in [-0.15, -0.1) is 0 Å². The topological polar surface area (TPSA) is 23.5 Å². The van der Waals surface area contributed by atoms with Crippen molar-refractivity contribution >= 4 is 10.8 Å². The molecule has 0 aliphatic carbocycles. The van der Waals surface area contributed by atoms with Crippen molar-refractivity contribution in [3.05, 3.63) is 60.0 Å². The van der Waals surface area contributed by atoms with Crippen LogP contribution in [-0.2, 0) is 0 Å². The highest BCUT2D eigenvalue weighted by Crippen LogP contribution is 2.32. The lowest BCUT2D eigenvalue weighted by molar-refractivity contribution is 0.181. The molecule has 0 saturated carbocycles. The Hall–Kier alpha value is -1.96. The molecule has 0 saturated heterocycles. The second-order valence-corrected chi connectivity index (χ2v) is 5.48. The van der Waals surface area contributed by atoms with Gasteiger partial charge in [0, 0.05) is 19.0 Å². The molecule has 1 aliphatic heterocycles. The fourth-order valence-corrected chi connectivity index (χ4v) is 3.09. The van der Waals surface area contributed by atoms with Crippen molar-refractivity contribution in [1.82, 2.24) is 4.90 Å². The van der Waals surface area contributed by atoms with E-state index in [0.717, 1.165) is 25.9 Å². The van der Waals surface area contributed by atoms with Crippen LogP contribution in [0.25, 0.3) is 10.8 Å². The predicted molar refractivity (Wildman–Crippen MR) is 83.9 cm³/mol. The Morgan fingerprint density at radius 2 is 1.95 bits per heavy atom. The maximum atomic E-state index is 10.2. The first kappa shape index (κ1) is 13.0. The number of fused-ring (bicyclic) bond motifs is 1. The first-order valence-electron chi connectivity index (χ1n) is 7.43. The van der Waals surface area contributed by atoms with Gasteiger partial charge in [-0.2, -0.15) is 0 Å². The quantitative estimate of drug-likeness (QED) is 0.888. The van der Waals surface area contributed by atoms with Crippen molar-refractivity contribution in [3.8, 4) is 0 Å². The third kappa shape index (κ3) is 2.38. The van der Waals surface area contributed by atoms with Gasteiger partial charge < -0.3 is 10.0 Å². The van der Waals surface area contributed by atoms with Crippen LogP contribution in [0.1, 0.15) is 31.2 Å². The standard InChI is InChI=1S/C18H21NO/c1-2-11-19-12-10-15(13-18(19)20)17-9-5-7-14-6-3-4-8-16(14)17/h3-9,13,15,20H,2,10-12H2,1H3. The number of rotatable bonds is 3. The minimum atomic E-state index is 0.314. The molecule has 2 aromatic carbocycles. The third-order valence-corrected chi connectivity index (χ3v) is 4.10. The summed E-state index contributed by atoms with van der Waals surface area (Å²) in [5, 5.41) is 12.8. The number of benzene rings is 2. The molecular weight excluding hydrogens is 246 g/mol. The second-order valence-electron chi connectivity index (χ2n) is 5.48. The van der Waals surface area contributed by atoms with Crippen LogP contribution in [0.3, 0.4) is 0 Å². The molecule has 2 aromatic rings. The van der Waals surface area contributed by atoms with Crippen LogP contribution in [0, 0.1) is 0 Å².